The van der Waals surface area contributed by atoms with Gasteiger partial charge in [-0.15, -0.1) is 0 Å². The van der Waals surface area contributed by atoms with Crippen LogP contribution < -0.4 is 0 Å². The van der Waals surface area contributed by atoms with Crippen LogP contribution in [-0.4, -0.2) is 42.1 Å². The number of methoxy groups -OCH3 is 1. The van der Waals surface area contributed by atoms with Gasteiger partial charge in [-0.25, -0.2) is 0 Å². The van der Waals surface area contributed by atoms with Gasteiger partial charge in [0.2, 0.25) is 0 Å². The Kier molecular flexibility index (Phi) is 2.97. The Morgan fingerprint density at radius 3 is 2.80 bits per heavy atom. The van der Waals surface area contributed by atoms with Crippen molar-refractivity contribution < 1.29 is 32.7 Å². The Hall–Kier alpha value is -1.69. The molecule has 6 nitrogen and oxygen atoms in total. The maximum atomic E-state index is 13.3. The first kappa shape index (κ1) is 16.0. The first-order valence-electron chi connectivity index (χ1n) is 12.7. The lowest BCUT2D eigenvalue weighted by molar-refractivity contribution is -0.172. The molecular formula is C24H30O6. The highest BCUT2D eigenvalue weighted by atomic mass is 16.6. The van der Waals surface area contributed by atoms with Gasteiger partial charge in [0.15, 0.2) is 5.78 Å². The third-order valence-electron chi connectivity index (χ3n) is 10.1. The Labute approximate surface area is 180 Å². The zero-order valence-corrected chi connectivity index (χ0v) is 17.5. The zero-order chi connectivity index (χ0) is 23.6. The maximum Gasteiger partial charge on any atom is 0.309 e. The standard InChI is InChI=1S/C24H30O6/c1-21-7-4-14(25)10-13(21)11-15(20(27)28-3)19-16-5-8-23(9-6-18(26)30-23)22(16,2)12-17-24(19,21)29-17/h10,15-17,19H,4-9,11-12H2,1-3H3/t15-,16+,17-,19+,21+,22+,23-,24?/m1/s1/i3D3. The average molecular weight is 418 g/mol. The molecule has 3 saturated carbocycles. The molecule has 0 N–H and O–H groups in total. The van der Waals surface area contributed by atoms with Crippen molar-refractivity contribution in [1.29, 1.82) is 0 Å². The van der Waals surface area contributed by atoms with E-state index < -0.39 is 30.1 Å². The minimum atomic E-state index is -2.83. The van der Waals surface area contributed by atoms with Gasteiger partial charge in [-0.1, -0.05) is 19.4 Å². The van der Waals surface area contributed by atoms with E-state index in [0.717, 1.165) is 24.8 Å². The van der Waals surface area contributed by atoms with E-state index in [0.29, 0.717) is 32.1 Å². The number of carbonyl (C=O) groups is 3. The molecule has 0 aromatic carbocycles. The third kappa shape index (κ3) is 1.94. The van der Waals surface area contributed by atoms with E-state index in [-0.39, 0.29) is 40.5 Å². The molecule has 0 amide bonds. The molecule has 2 saturated heterocycles. The summed E-state index contributed by atoms with van der Waals surface area (Å²) in [5.41, 5.74) is -1.01. The van der Waals surface area contributed by atoms with Crippen LogP contribution in [0.2, 0.25) is 0 Å². The lowest BCUT2D eigenvalue weighted by atomic mass is 9.43. The molecule has 0 bridgehead atoms. The molecule has 4 aliphatic carbocycles. The largest absolute Gasteiger partial charge is 0.469 e. The number of esters is 2. The second-order valence-electron chi connectivity index (χ2n) is 10.9. The number of fused-ring (bicyclic) bond motifs is 4. The molecular weight excluding hydrogens is 384 g/mol. The molecule has 2 spiro atoms. The Balaban J connectivity index is 1.47. The number of ketones is 1. The molecule has 0 aromatic rings. The molecule has 6 rings (SSSR count). The van der Waals surface area contributed by atoms with Crippen LogP contribution in [0.4, 0.5) is 0 Å². The summed E-state index contributed by atoms with van der Waals surface area (Å²) in [6.45, 7) is 4.31. The fraction of sp³-hybridized carbons (Fsp3) is 0.792. The van der Waals surface area contributed by atoms with Crippen LogP contribution in [0.3, 0.4) is 0 Å². The van der Waals surface area contributed by atoms with E-state index in [2.05, 4.69) is 13.8 Å². The first-order valence-corrected chi connectivity index (χ1v) is 11.2. The third-order valence-corrected chi connectivity index (χ3v) is 10.1. The molecule has 0 radical (unpaired) electrons. The van der Waals surface area contributed by atoms with Gasteiger partial charge in [0.1, 0.15) is 11.2 Å². The van der Waals surface area contributed by atoms with Crippen molar-refractivity contribution in [2.45, 2.75) is 82.5 Å². The van der Waals surface area contributed by atoms with Crippen molar-refractivity contribution >= 4 is 17.7 Å². The molecule has 2 aliphatic heterocycles. The summed E-state index contributed by atoms with van der Waals surface area (Å²) >= 11 is 0. The second kappa shape index (κ2) is 5.56. The highest BCUT2D eigenvalue weighted by molar-refractivity contribution is 5.92. The summed E-state index contributed by atoms with van der Waals surface area (Å²) < 4.78 is 40.0. The molecule has 8 atom stereocenters. The van der Waals surface area contributed by atoms with Crippen molar-refractivity contribution in [3.8, 4) is 0 Å². The van der Waals surface area contributed by atoms with Crippen LogP contribution in [0.5, 0.6) is 0 Å². The number of hydrogen-bond donors (Lipinski definition) is 0. The minimum Gasteiger partial charge on any atom is -0.469 e. The summed E-state index contributed by atoms with van der Waals surface area (Å²) in [5, 5.41) is 0. The highest BCUT2D eigenvalue weighted by Gasteiger charge is 2.83. The molecule has 2 heterocycles. The van der Waals surface area contributed by atoms with E-state index in [9.17, 15) is 14.4 Å². The monoisotopic (exact) mass is 417 g/mol. The number of epoxide rings is 1. The lowest BCUT2D eigenvalue weighted by Crippen LogP contribution is -2.63. The van der Waals surface area contributed by atoms with E-state index in [1.54, 1.807) is 6.08 Å². The van der Waals surface area contributed by atoms with Crippen LogP contribution in [0.1, 0.15) is 69.3 Å². The maximum absolute atomic E-state index is 13.3. The van der Waals surface area contributed by atoms with Crippen molar-refractivity contribution in [1.82, 2.24) is 0 Å². The molecule has 162 valence electrons. The van der Waals surface area contributed by atoms with Crippen molar-refractivity contribution in [3.63, 3.8) is 0 Å². The average Bonchev–Trinajstić information content (AvgIpc) is 3.19. The van der Waals surface area contributed by atoms with Crippen molar-refractivity contribution in [2.24, 2.45) is 28.6 Å². The van der Waals surface area contributed by atoms with E-state index >= 15 is 0 Å². The minimum absolute atomic E-state index is 0.0345. The molecule has 1 unspecified atom stereocenters. The summed E-state index contributed by atoms with van der Waals surface area (Å²) in [6, 6.07) is 0. The van der Waals surface area contributed by atoms with Gasteiger partial charge in [0.05, 0.1) is 23.2 Å². The van der Waals surface area contributed by atoms with Gasteiger partial charge in [-0.05, 0) is 50.5 Å². The number of ether oxygens (including phenoxy) is 3. The highest BCUT2D eigenvalue weighted by Crippen LogP contribution is 2.78. The van der Waals surface area contributed by atoms with Gasteiger partial charge in [-0.2, -0.15) is 0 Å². The van der Waals surface area contributed by atoms with Gasteiger partial charge in [0.25, 0.3) is 0 Å². The van der Waals surface area contributed by atoms with Gasteiger partial charge in [0, 0.05) is 29.6 Å². The summed E-state index contributed by atoms with van der Waals surface area (Å²) in [6.07, 6.45) is 6.30. The van der Waals surface area contributed by atoms with E-state index in [1.165, 1.54) is 0 Å². The summed E-state index contributed by atoms with van der Waals surface area (Å²) in [5.74, 6) is -1.80. The van der Waals surface area contributed by atoms with Gasteiger partial charge in [-0.3, -0.25) is 14.4 Å². The fourth-order valence-corrected chi connectivity index (χ4v) is 8.61. The molecule has 30 heavy (non-hydrogen) atoms. The normalized spacial score (nSPS) is 55.1. The predicted octanol–water partition coefficient (Wildman–Crippen LogP) is 3.12. The number of carbonyl (C=O) groups excluding carboxylic acids is 3. The topological polar surface area (TPSA) is 82.2 Å². The van der Waals surface area contributed by atoms with Gasteiger partial charge >= 0.3 is 11.9 Å². The SMILES string of the molecule is [2H]C([2H])([2H])OC(=O)[C@@H]1CC2=CC(=O)CC[C@]2(C)C23O[C@@H]2C[C@@]2(C)[C@@H](CC[C@@]24CCC(=O)O4)[C@H]13. The van der Waals surface area contributed by atoms with Crippen LogP contribution in [0.25, 0.3) is 0 Å². The number of rotatable bonds is 1. The zero-order valence-electron chi connectivity index (χ0n) is 20.5. The van der Waals surface area contributed by atoms with Crippen LogP contribution >= 0.6 is 0 Å². The summed E-state index contributed by atoms with van der Waals surface area (Å²) in [4.78, 5) is 37.8. The molecule has 6 heteroatoms. The van der Waals surface area contributed by atoms with Crippen LogP contribution in [-0.2, 0) is 28.6 Å². The first-order chi connectivity index (χ1) is 15.4. The van der Waals surface area contributed by atoms with Crippen LogP contribution in [0, 0.1) is 28.6 Å². The van der Waals surface area contributed by atoms with Crippen molar-refractivity contribution in [3.05, 3.63) is 11.6 Å². The quantitative estimate of drug-likeness (QED) is 0.482. The predicted molar refractivity (Wildman–Crippen MR) is 105 cm³/mol. The molecule has 0 aromatic heterocycles. The lowest BCUT2D eigenvalue weighted by Gasteiger charge is -2.58. The summed E-state index contributed by atoms with van der Waals surface area (Å²) in [7, 11) is -2.83. The Bertz CT molecular complexity index is 1000. The van der Waals surface area contributed by atoms with E-state index in [4.69, 9.17) is 18.3 Å². The number of hydrogen-bond acceptors (Lipinski definition) is 6. The van der Waals surface area contributed by atoms with Crippen LogP contribution in [0.15, 0.2) is 11.6 Å². The smallest absolute Gasteiger partial charge is 0.309 e. The van der Waals surface area contributed by atoms with Gasteiger partial charge < -0.3 is 14.2 Å². The molecule has 5 fully saturated rings. The fourth-order valence-electron chi connectivity index (χ4n) is 8.61. The Morgan fingerprint density at radius 2 is 2.07 bits per heavy atom. The molecule has 6 aliphatic rings. The van der Waals surface area contributed by atoms with Crippen molar-refractivity contribution in [2.75, 3.05) is 7.04 Å². The van der Waals surface area contributed by atoms with E-state index in [1.807, 2.05) is 0 Å². The Morgan fingerprint density at radius 1 is 1.23 bits per heavy atom. The second-order valence-corrected chi connectivity index (χ2v) is 10.9.